The van der Waals surface area contributed by atoms with Crippen molar-refractivity contribution in [1.29, 1.82) is 0 Å². The molecule has 3 nitrogen and oxygen atoms in total. The van der Waals surface area contributed by atoms with E-state index < -0.39 is 6.10 Å². The molecule has 2 rings (SSSR count). The van der Waals surface area contributed by atoms with E-state index in [9.17, 15) is 5.11 Å². The number of fused-ring (bicyclic) bond motifs is 1. The minimum atomic E-state index is -0.537. The van der Waals surface area contributed by atoms with Crippen LogP contribution >= 0.6 is 0 Å². The maximum atomic E-state index is 9.76. The van der Waals surface area contributed by atoms with Crippen molar-refractivity contribution >= 4 is 0 Å². The molecule has 76 valence electrons. The predicted molar refractivity (Wildman–Crippen MR) is 52.7 cm³/mol. The summed E-state index contributed by atoms with van der Waals surface area (Å²) in [5.74, 6) is 1.54. The maximum absolute atomic E-state index is 9.76. The number of hydrogen-bond acceptors (Lipinski definition) is 3. The third-order valence-electron chi connectivity index (χ3n) is 2.37. The summed E-state index contributed by atoms with van der Waals surface area (Å²) in [6, 6.07) is 5.53. The standard InChI is InChI=1S/C11H14O3/c1-3-13-8-4-5-10-9(6-8)11(12)7(2)14-10/h4-7,11-12H,3H2,1-2H3. The van der Waals surface area contributed by atoms with Gasteiger partial charge in [0.25, 0.3) is 0 Å². The van der Waals surface area contributed by atoms with Crippen molar-refractivity contribution in [3.05, 3.63) is 23.8 Å². The molecule has 0 spiro atoms. The minimum absolute atomic E-state index is 0.165. The number of ether oxygens (including phenoxy) is 2. The van der Waals surface area contributed by atoms with E-state index in [1.807, 2.05) is 32.0 Å². The molecule has 0 fully saturated rings. The summed E-state index contributed by atoms with van der Waals surface area (Å²) in [5, 5.41) is 9.76. The lowest BCUT2D eigenvalue weighted by atomic mass is 10.1. The Bertz CT molecular complexity index is 335. The molecule has 1 aliphatic heterocycles. The van der Waals surface area contributed by atoms with Crippen molar-refractivity contribution in [3.8, 4) is 11.5 Å². The minimum Gasteiger partial charge on any atom is -0.494 e. The van der Waals surface area contributed by atoms with Gasteiger partial charge in [-0.05, 0) is 32.0 Å². The maximum Gasteiger partial charge on any atom is 0.126 e. The first kappa shape index (κ1) is 9.34. The summed E-state index contributed by atoms with van der Waals surface area (Å²) in [6.45, 7) is 4.42. The van der Waals surface area contributed by atoms with E-state index in [1.165, 1.54) is 0 Å². The van der Waals surface area contributed by atoms with Gasteiger partial charge in [-0.25, -0.2) is 0 Å². The lowest BCUT2D eigenvalue weighted by Crippen LogP contribution is -2.12. The van der Waals surface area contributed by atoms with Crippen molar-refractivity contribution in [2.75, 3.05) is 6.61 Å². The first-order chi connectivity index (χ1) is 6.72. The van der Waals surface area contributed by atoms with Crippen LogP contribution in [0.1, 0.15) is 25.5 Å². The van der Waals surface area contributed by atoms with E-state index in [0.717, 1.165) is 17.1 Å². The lowest BCUT2D eigenvalue weighted by Gasteiger charge is -2.06. The van der Waals surface area contributed by atoms with Crippen LogP contribution in [0, 0.1) is 0 Å². The van der Waals surface area contributed by atoms with Gasteiger partial charge in [0, 0.05) is 5.56 Å². The van der Waals surface area contributed by atoms with Crippen LogP contribution in [-0.2, 0) is 0 Å². The van der Waals surface area contributed by atoms with Gasteiger partial charge in [0.05, 0.1) is 6.61 Å². The zero-order chi connectivity index (χ0) is 10.1. The van der Waals surface area contributed by atoms with Crippen LogP contribution in [0.3, 0.4) is 0 Å². The van der Waals surface area contributed by atoms with Gasteiger partial charge in [-0.1, -0.05) is 0 Å². The van der Waals surface area contributed by atoms with Gasteiger partial charge in [0.2, 0.25) is 0 Å². The molecule has 1 N–H and O–H groups in total. The molecule has 1 aromatic rings. The molecule has 0 aromatic heterocycles. The van der Waals surface area contributed by atoms with Gasteiger partial charge in [0.15, 0.2) is 0 Å². The van der Waals surface area contributed by atoms with Crippen molar-refractivity contribution in [3.63, 3.8) is 0 Å². The Morgan fingerprint density at radius 1 is 1.50 bits per heavy atom. The van der Waals surface area contributed by atoms with Crippen molar-refractivity contribution in [2.24, 2.45) is 0 Å². The number of aliphatic hydroxyl groups excluding tert-OH is 1. The molecular weight excluding hydrogens is 180 g/mol. The number of aliphatic hydroxyl groups is 1. The van der Waals surface area contributed by atoms with E-state index >= 15 is 0 Å². The van der Waals surface area contributed by atoms with Gasteiger partial charge in [-0.15, -0.1) is 0 Å². The number of rotatable bonds is 2. The quantitative estimate of drug-likeness (QED) is 0.781. The molecule has 2 atom stereocenters. The first-order valence-electron chi connectivity index (χ1n) is 4.84. The average Bonchev–Trinajstić information content (AvgIpc) is 2.45. The first-order valence-corrected chi connectivity index (χ1v) is 4.84. The molecule has 14 heavy (non-hydrogen) atoms. The van der Waals surface area contributed by atoms with E-state index in [1.54, 1.807) is 0 Å². The van der Waals surface area contributed by atoms with Crippen LogP contribution in [0.2, 0.25) is 0 Å². The molecule has 1 heterocycles. The fraction of sp³-hybridized carbons (Fsp3) is 0.455. The summed E-state index contributed by atoms with van der Waals surface area (Å²) in [6.07, 6.45) is -0.702. The second-order valence-corrected chi connectivity index (χ2v) is 3.40. The van der Waals surface area contributed by atoms with Gasteiger partial charge in [-0.2, -0.15) is 0 Å². The van der Waals surface area contributed by atoms with Crippen molar-refractivity contribution < 1.29 is 14.6 Å². The Morgan fingerprint density at radius 3 is 3.00 bits per heavy atom. The second-order valence-electron chi connectivity index (χ2n) is 3.40. The van der Waals surface area contributed by atoms with E-state index in [4.69, 9.17) is 9.47 Å². The largest absolute Gasteiger partial charge is 0.494 e. The summed E-state index contributed by atoms with van der Waals surface area (Å²) in [5.41, 5.74) is 0.823. The normalized spacial score (nSPS) is 24.2. The number of hydrogen-bond donors (Lipinski definition) is 1. The molecule has 3 heteroatoms. The SMILES string of the molecule is CCOc1ccc2c(c1)C(O)C(C)O2. The van der Waals surface area contributed by atoms with Crippen LogP contribution in [0.4, 0.5) is 0 Å². The third kappa shape index (κ3) is 1.44. The summed E-state index contributed by atoms with van der Waals surface area (Å²) in [7, 11) is 0. The fourth-order valence-corrected chi connectivity index (χ4v) is 1.64. The Balaban J connectivity index is 2.31. The van der Waals surface area contributed by atoms with Crippen LogP contribution < -0.4 is 9.47 Å². The molecular formula is C11H14O3. The second kappa shape index (κ2) is 3.50. The van der Waals surface area contributed by atoms with Gasteiger partial charge < -0.3 is 14.6 Å². The van der Waals surface area contributed by atoms with Crippen molar-refractivity contribution in [2.45, 2.75) is 26.1 Å². The Labute approximate surface area is 83.3 Å². The van der Waals surface area contributed by atoms with E-state index in [2.05, 4.69) is 0 Å². The third-order valence-corrected chi connectivity index (χ3v) is 2.37. The highest BCUT2D eigenvalue weighted by molar-refractivity contribution is 5.44. The Kier molecular flexibility index (Phi) is 2.33. The van der Waals surface area contributed by atoms with Gasteiger partial charge >= 0.3 is 0 Å². The average molecular weight is 194 g/mol. The van der Waals surface area contributed by atoms with Gasteiger partial charge in [-0.3, -0.25) is 0 Å². The van der Waals surface area contributed by atoms with Crippen LogP contribution in [0.15, 0.2) is 18.2 Å². The molecule has 1 aromatic carbocycles. The van der Waals surface area contributed by atoms with Crippen LogP contribution in [0.5, 0.6) is 11.5 Å². The van der Waals surface area contributed by atoms with E-state index in [-0.39, 0.29) is 6.10 Å². The fourth-order valence-electron chi connectivity index (χ4n) is 1.64. The number of benzene rings is 1. The predicted octanol–water partition coefficient (Wildman–Crippen LogP) is 1.90. The molecule has 0 saturated heterocycles. The molecule has 2 unspecified atom stereocenters. The summed E-state index contributed by atoms with van der Waals surface area (Å²) >= 11 is 0. The molecule has 1 aliphatic rings. The lowest BCUT2D eigenvalue weighted by molar-refractivity contribution is 0.0795. The summed E-state index contributed by atoms with van der Waals surface area (Å²) < 4.78 is 10.8. The highest BCUT2D eigenvalue weighted by Gasteiger charge is 2.29. The highest BCUT2D eigenvalue weighted by Crippen LogP contribution is 2.38. The van der Waals surface area contributed by atoms with Crippen LogP contribution in [-0.4, -0.2) is 17.8 Å². The van der Waals surface area contributed by atoms with Crippen molar-refractivity contribution in [1.82, 2.24) is 0 Å². The van der Waals surface area contributed by atoms with Gasteiger partial charge in [0.1, 0.15) is 23.7 Å². The molecule has 0 radical (unpaired) electrons. The van der Waals surface area contributed by atoms with Crippen LogP contribution in [0.25, 0.3) is 0 Å². The monoisotopic (exact) mass is 194 g/mol. The topological polar surface area (TPSA) is 38.7 Å². The zero-order valence-electron chi connectivity index (χ0n) is 8.36. The molecule has 0 aliphatic carbocycles. The zero-order valence-corrected chi connectivity index (χ0v) is 8.36. The molecule has 0 amide bonds. The Morgan fingerprint density at radius 2 is 2.29 bits per heavy atom. The highest BCUT2D eigenvalue weighted by atomic mass is 16.5. The van der Waals surface area contributed by atoms with E-state index in [0.29, 0.717) is 6.61 Å². The smallest absolute Gasteiger partial charge is 0.126 e. The Hall–Kier alpha value is -1.22. The molecule has 0 bridgehead atoms. The summed E-state index contributed by atoms with van der Waals surface area (Å²) in [4.78, 5) is 0. The molecule has 0 saturated carbocycles.